The largest absolute Gasteiger partial charge is 0.368 e. The molecule has 2 aromatic rings. The molecule has 0 radical (unpaired) electrons. The maximum absolute atomic E-state index is 5.29. The number of aromatic nitrogens is 2. The van der Waals surface area contributed by atoms with E-state index in [9.17, 15) is 0 Å². The normalized spacial score (nSPS) is 15.0. The molecule has 0 bridgehead atoms. The SMILES string of the molecule is CN=C(NCCc1nc(C(C)C)no1)N1CCN(c2ccccc2)CC1.I. The number of halogens is 1. The second-order valence-electron chi connectivity index (χ2n) is 6.73. The molecule has 7 nitrogen and oxygen atoms in total. The maximum Gasteiger partial charge on any atom is 0.228 e. The standard InChI is InChI=1S/C19H28N6O.HI/c1-15(2)18-22-17(26-23-18)9-10-21-19(20-3)25-13-11-24(12-14-25)16-7-5-4-6-8-16;/h4-8,15H,9-14H2,1-3H3,(H,20,21);1H. The molecule has 0 unspecified atom stereocenters. The lowest BCUT2D eigenvalue weighted by Crippen LogP contribution is -2.52. The van der Waals surface area contributed by atoms with E-state index in [1.165, 1.54) is 5.69 Å². The zero-order chi connectivity index (χ0) is 18.4. The summed E-state index contributed by atoms with van der Waals surface area (Å²) in [4.78, 5) is 13.5. The lowest BCUT2D eigenvalue weighted by molar-refractivity contribution is 0.362. The van der Waals surface area contributed by atoms with Gasteiger partial charge in [-0.25, -0.2) is 0 Å². The van der Waals surface area contributed by atoms with Gasteiger partial charge in [-0.05, 0) is 12.1 Å². The number of hydrogen-bond donors (Lipinski definition) is 1. The van der Waals surface area contributed by atoms with Crippen molar-refractivity contribution in [2.45, 2.75) is 26.2 Å². The number of guanidine groups is 1. The Balaban J connectivity index is 0.00000261. The lowest BCUT2D eigenvalue weighted by Gasteiger charge is -2.37. The monoisotopic (exact) mass is 484 g/mol. The Morgan fingerprint density at radius 2 is 1.89 bits per heavy atom. The molecule has 2 heterocycles. The Morgan fingerprint density at radius 1 is 1.19 bits per heavy atom. The highest BCUT2D eigenvalue weighted by Crippen LogP contribution is 2.15. The molecule has 0 saturated carbocycles. The van der Waals surface area contributed by atoms with Crippen LogP contribution in [-0.2, 0) is 6.42 Å². The third kappa shape index (κ3) is 5.82. The maximum atomic E-state index is 5.29. The summed E-state index contributed by atoms with van der Waals surface area (Å²) in [7, 11) is 1.83. The van der Waals surface area contributed by atoms with E-state index < -0.39 is 0 Å². The van der Waals surface area contributed by atoms with Gasteiger partial charge in [0.15, 0.2) is 11.8 Å². The van der Waals surface area contributed by atoms with E-state index in [0.717, 1.165) is 44.5 Å². The molecule has 8 heteroatoms. The first-order valence-corrected chi connectivity index (χ1v) is 9.25. The second-order valence-corrected chi connectivity index (χ2v) is 6.73. The fraction of sp³-hybridized carbons (Fsp3) is 0.526. The number of aliphatic imine (C=N–C) groups is 1. The summed E-state index contributed by atoms with van der Waals surface area (Å²) < 4.78 is 5.29. The van der Waals surface area contributed by atoms with Crippen LogP contribution in [0.15, 0.2) is 39.8 Å². The molecule has 0 aliphatic carbocycles. The van der Waals surface area contributed by atoms with Crippen molar-refractivity contribution in [3.8, 4) is 0 Å². The summed E-state index contributed by atoms with van der Waals surface area (Å²) in [6, 6.07) is 10.6. The van der Waals surface area contributed by atoms with E-state index >= 15 is 0 Å². The first kappa shape index (κ1) is 21.5. The summed E-state index contributed by atoms with van der Waals surface area (Å²) in [6.45, 7) is 8.73. The van der Waals surface area contributed by atoms with E-state index in [1.54, 1.807) is 0 Å². The van der Waals surface area contributed by atoms with E-state index in [2.05, 4.69) is 74.4 Å². The van der Waals surface area contributed by atoms with Gasteiger partial charge in [0.1, 0.15) is 0 Å². The third-order valence-corrected chi connectivity index (χ3v) is 4.53. The molecular formula is C19H29IN6O. The van der Waals surface area contributed by atoms with Crippen LogP contribution in [0, 0.1) is 0 Å². The predicted octanol–water partition coefficient (Wildman–Crippen LogP) is 2.75. The smallest absolute Gasteiger partial charge is 0.228 e. The number of hydrogen-bond acceptors (Lipinski definition) is 5. The third-order valence-electron chi connectivity index (χ3n) is 4.53. The number of piperazine rings is 1. The molecule has 3 rings (SSSR count). The fourth-order valence-electron chi connectivity index (χ4n) is 3.03. The van der Waals surface area contributed by atoms with Crippen LogP contribution in [0.4, 0.5) is 5.69 Å². The number of rotatable bonds is 5. The van der Waals surface area contributed by atoms with E-state index in [-0.39, 0.29) is 29.9 Å². The molecule has 0 amide bonds. The van der Waals surface area contributed by atoms with Crippen LogP contribution >= 0.6 is 24.0 Å². The predicted molar refractivity (Wildman–Crippen MR) is 119 cm³/mol. The van der Waals surface area contributed by atoms with Gasteiger partial charge < -0.3 is 19.6 Å². The Bertz CT molecular complexity index is 710. The van der Waals surface area contributed by atoms with Crippen LogP contribution in [0.3, 0.4) is 0 Å². The average molecular weight is 484 g/mol. The van der Waals surface area contributed by atoms with Crippen LogP contribution in [0.1, 0.15) is 31.5 Å². The van der Waals surface area contributed by atoms with Crippen LogP contribution in [-0.4, -0.2) is 60.8 Å². The van der Waals surface area contributed by atoms with Gasteiger partial charge in [0.05, 0.1) is 0 Å². The minimum absolute atomic E-state index is 0. The Morgan fingerprint density at radius 3 is 2.48 bits per heavy atom. The van der Waals surface area contributed by atoms with Gasteiger partial charge in [0.2, 0.25) is 5.89 Å². The van der Waals surface area contributed by atoms with Crippen molar-refractivity contribution in [3.63, 3.8) is 0 Å². The Hall–Kier alpha value is -1.84. The molecule has 27 heavy (non-hydrogen) atoms. The van der Waals surface area contributed by atoms with Gasteiger partial charge in [-0.2, -0.15) is 4.98 Å². The summed E-state index contributed by atoms with van der Waals surface area (Å²) in [5.41, 5.74) is 1.28. The van der Waals surface area contributed by atoms with Gasteiger partial charge in [-0.3, -0.25) is 4.99 Å². The minimum atomic E-state index is 0. The molecule has 0 spiro atoms. The highest BCUT2D eigenvalue weighted by molar-refractivity contribution is 14.0. The Kier molecular flexibility index (Phi) is 8.33. The van der Waals surface area contributed by atoms with Crippen LogP contribution in [0.5, 0.6) is 0 Å². The molecule has 1 saturated heterocycles. The van der Waals surface area contributed by atoms with Gasteiger partial charge in [0.25, 0.3) is 0 Å². The van der Waals surface area contributed by atoms with Crippen molar-refractivity contribution in [1.29, 1.82) is 0 Å². The van der Waals surface area contributed by atoms with E-state index in [0.29, 0.717) is 12.3 Å². The van der Waals surface area contributed by atoms with Crippen LogP contribution in [0.25, 0.3) is 0 Å². The highest BCUT2D eigenvalue weighted by Gasteiger charge is 2.19. The van der Waals surface area contributed by atoms with Crippen molar-refractivity contribution in [2.75, 3.05) is 44.7 Å². The Labute approximate surface area is 178 Å². The zero-order valence-corrected chi connectivity index (χ0v) is 18.6. The van der Waals surface area contributed by atoms with Crippen molar-refractivity contribution in [3.05, 3.63) is 42.0 Å². The summed E-state index contributed by atoms with van der Waals surface area (Å²) in [5, 5.41) is 7.41. The molecular weight excluding hydrogens is 455 g/mol. The van der Waals surface area contributed by atoms with Crippen molar-refractivity contribution in [1.82, 2.24) is 20.4 Å². The molecule has 1 fully saturated rings. The molecule has 0 atom stereocenters. The minimum Gasteiger partial charge on any atom is -0.368 e. The molecule has 1 aromatic heterocycles. The number of nitrogens with zero attached hydrogens (tertiary/aromatic N) is 5. The summed E-state index contributed by atoms with van der Waals surface area (Å²) in [5.74, 6) is 2.66. The number of para-hydroxylation sites is 1. The van der Waals surface area contributed by atoms with Gasteiger partial charge in [-0.15, -0.1) is 24.0 Å². The fourth-order valence-corrected chi connectivity index (χ4v) is 3.03. The van der Waals surface area contributed by atoms with Crippen molar-refractivity contribution < 1.29 is 4.52 Å². The zero-order valence-electron chi connectivity index (χ0n) is 16.3. The highest BCUT2D eigenvalue weighted by atomic mass is 127. The average Bonchev–Trinajstić information content (AvgIpc) is 3.15. The number of benzene rings is 1. The summed E-state index contributed by atoms with van der Waals surface area (Å²) >= 11 is 0. The van der Waals surface area contributed by atoms with Crippen LogP contribution in [0.2, 0.25) is 0 Å². The first-order chi connectivity index (χ1) is 12.7. The molecule has 148 valence electrons. The quantitative estimate of drug-likeness (QED) is 0.400. The van der Waals surface area contributed by atoms with Crippen molar-refractivity contribution >= 4 is 35.6 Å². The number of nitrogens with one attached hydrogen (secondary N) is 1. The topological polar surface area (TPSA) is 69.8 Å². The van der Waals surface area contributed by atoms with E-state index in [1.807, 2.05) is 7.05 Å². The second kappa shape index (κ2) is 10.5. The number of anilines is 1. The molecule has 1 aliphatic rings. The molecule has 1 aliphatic heterocycles. The lowest BCUT2D eigenvalue weighted by atomic mass is 10.2. The van der Waals surface area contributed by atoms with Crippen molar-refractivity contribution in [2.24, 2.45) is 4.99 Å². The van der Waals surface area contributed by atoms with Gasteiger partial charge in [-0.1, -0.05) is 37.2 Å². The first-order valence-electron chi connectivity index (χ1n) is 9.25. The van der Waals surface area contributed by atoms with Gasteiger partial charge in [0, 0.05) is 57.8 Å². The molecule has 1 aromatic carbocycles. The summed E-state index contributed by atoms with van der Waals surface area (Å²) in [6.07, 6.45) is 0.697. The molecule has 1 N–H and O–H groups in total. The van der Waals surface area contributed by atoms with Gasteiger partial charge >= 0.3 is 0 Å². The van der Waals surface area contributed by atoms with Crippen LogP contribution < -0.4 is 10.2 Å². The van der Waals surface area contributed by atoms with E-state index in [4.69, 9.17) is 4.52 Å².